The Bertz CT molecular complexity index is 1090. The Hall–Kier alpha value is -3.40. The van der Waals surface area contributed by atoms with Crippen LogP contribution in [0.4, 0.5) is 19.1 Å². The highest BCUT2D eigenvalue weighted by molar-refractivity contribution is 6.04. The van der Waals surface area contributed by atoms with Crippen molar-refractivity contribution in [3.8, 4) is 5.75 Å². The zero-order valence-electron chi connectivity index (χ0n) is 15.6. The molecule has 30 heavy (non-hydrogen) atoms. The van der Waals surface area contributed by atoms with Crippen molar-refractivity contribution in [2.24, 2.45) is 5.73 Å². The summed E-state index contributed by atoms with van der Waals surface area (Å²) >= 11 is 0. The number of rotatable bonds is 5. The summed E-state index contributed by atoms with van der Waals surface area (Å²) in [5.41, 5.74) is 6.84. The number of nitrogens with zero attached hydrogens (tertiary/aromatic N) is 2. The summed E-state index contributed by atoms with van der Waals surface area (Å²) in [5.74, 6) is -0.684. The number of hydrogen-bond acceptors (Lipinski definition) is 6. The molecule has 7 nitrogen and oxygen atoms in total. The molecule has 1 fully saturated rings. The maximum atomic E-state index is 12.5. The second-order valence-electron chi connectivity index (χ2n) is 6.94. The van der Waals surface area contributed by atoms with Crippen LogP contribution in [0.15, 0.2) is 48.7 Å². The van der Waals surface area contributed by atoms with Crippen molar-refractivity contribution in [2.75, 3.05) is 18.4 Å². The molecular weight excluding hydrogens is 399 g/mol. The molecule has 1 aliphatic heterocycles. The molecule has 2 atom stereocenters. The lowest BCUT2D eigenvalue weighted by Crippen LogP contribution is -2.28. The molecule has 0 radical (unpaired) electrons. The van der Waals surface area contributed by atoms with E-state index in [1.54, 1.807) is 30.5 Å². The second kappa shape index (κ2) is 7.79. The van der Waals surface area contributed by atoms with Gasteiger partial charge >= 0.3 is 6.36 Å². The minimum Gasteiger partial charge on any atom is -0.406 e. The maximum absolute atomic E-state index is 12.5. The van der Waals surface area contributed by atoms with Gasteiger partial charge in [0.05, 0.1) is 11.1 Å². The van der Waals surface area contributed by atoms with Gasteiger partial charge in [-0.25, -0.2) is 9.97 Å². The molecule has 3 aromatic rings. The molecule has 1 aromatic heterocycles. The van der Waals surface area contributed by atoms with Gasteiger partial charge in [0.25, 0.3) is 5.91 Å². The summed E-state index contributed by atoms with van der Waals surface area (Å²) in [5, 5.41) is 7.11. The average Bonchev–Trinajstić information content (AvgIpc) is 3.14. The Morgan fingerprint density at radius 3 is 2.77 bits per heavy atom. The SMILES string of the molecule is NC(=O)c1cccc2cnc(N[C@H]3CNC[C@@H]3c3cccc(OC(F)(F)F)c3)nc12. The van der Waals surface area contributed by atoms with Crippen molar-refractivity contribution in [1.29, 1.82) is 0 Å². The van der Waals surface area contributed by atoms with Gasteiger partial charge in [0.15, 0.2) is 0 Å². The van der Waals surface area contributed by atoms with E-state index in [1.807, 2.05) is 0 Å². The second-order valence-corrected chi connectivity index (χ2v) is 6.94. The van der Waals surface area contributed by atoms with Crippen LogP contribution in [0.1, 0.15) is 21.8 Å². The van der Waals surface area contributed by atoms with Gasteiger partial charge in [0.1, 0.15) is 5.75 Å². The number of halogens is 3. The van der Waals surface area contributed by atoms with Gasteiger partial charge in [-0.1, -0.05) is 24.3 Å². The van der Waals surface area contributed by atoms with Crippen molar-refractivity contribution in [2.45, 2.75) is 18.3 Å². The number of hydrogen-bond donors (Lipinski definition) is 3. The Kier molecular flexibility index (Phi) is 5.17. The third kappa shape index (κ3) is 4.28. The van der Waals surface area contributed by atoms with Crippen molar-refractivity contribution in [3.63, 3.8) is 0 Å². The summed E-state index contributed by atoms with van der Waals surface area (Å²) in [6.45, 7) is 1.13. The normalized spacial score (nSPS) is 19.0. The highest BCUT2D eigenvalue weighted by atomic mass is 19.4. The lowest BCUT2D eigenvalue weighted by atomic mass is 9.94. The van der Waals surface area contributed by atoms with Crippen molar-refractivity contribution in [3.05, 3.63) is 59.8 Å². The van der Waals surface area contributed by atoms with Crippen molar-refractivity contribution >= 4 is 22.8 Å². The van der Waals surface area contributed by atoms with Gasteiger partial charge in [-0.3, -0.25) is 4.79 Å². The Balaban J connectivity index is 1.58. The molecule has 10 heteroatoms. The minimum atomic E-state index is -4.75. The van der Waals surface area contributed by atoms with Gasteiger partial charge < -0.3 is 21.1 Å². The average molecular weight is 417 g/mol. The van der Waals surface area contributed by atoms with Crippen LogP contribution >= 0.6 is 0 Å². The number of para-hydroxylation sites is 1. The first-order valence-electron chi connectivity index (χ1n) is 9.19. The summed E-state index contributed by atoms with van der Waals surface area (Å²) in [7, 11) is 0. The number of anilines is 1. The fraction of sp³-hybridized carbons (Fsp3) is 0.250. The number of fused-ring (bicyclic) bond motifs is 1. The summed E-state index contributed by atoms with van der Waals surface area (Å²) < 4.78 is 41.6. The van der Waals surface area contributed by atoms with Crippen LogP contribution in [0.5, 0.6) is 5.75 Å². The van der Waals surface area contributed by atoms with Crippen LogP contribution in [-0.4, -0.2) is 41.4 Å². The largest absolute Gasteiger partial charge is 0.573 e. The van der Waals surface area contributed by atoms with Crippen LogP contribution in [-0.2, 0) is 0 Å². The van der Waals surface area contributed by atoms with Crippen LogP contribution < -0.4 is 21.1 Å². The molecule has 4 rings (SSSR count). The summed E-state index contributed by atoms with van der Waals surface area (Å²) in [6, 6.07) is 10.8. The predicted octanol–water partition coefficient (Wildman–Crippen LogP) is 2.79. The molecule has 156 valence electrons. The Morgan fingerprint density at radius 1 is 1.20 bits per heavy atom. The Morgan fingerprint density at radius 2 is 2.00 bits per heavy atom. The molecule has 4 N–H and O–H groups in total. The van der Waals surface area contributed by atoms with Crippen molar-refractivity contribution in [1.82, 2.24) is 15.3 Å². The third-order valence-corrected chi connectivity index (χ3v) is 4.92. The smallest absolute Gasteiger partial charge is 0.406 e. The van der Waals surface area contributed by atoms with E-state index in [0.717, 1.165) is 0 Å². The number of nitrogens with two attached hydrogens (primary N) is 1. The van der Waals surface area contributed by atoms with E-state index in [-0.39, 0.29) is 23.3 Å². The van der Waals surface area contributed by atoms with E-state index in [0.29, 0.717) is 35.5 Å². The van der Waals surface area contributed by atoms with E-state index in [4.69, 9.17) is 5.73 Å². The number of nitrogens with one attached hydrogen (secondary N) is 2. The first kappa shape index (κ1) is 19.9. The lowest BCUT2D eigenvalue weighted by Gasteiger charge is -2.21. The fourth-order valence-corrected chi connectivity index (χ4v) is 3.61. The molecule has 1 saturated heterocycles. The molecule has 0 saturated carbocycles. The number of amides is 1. The van der Waals surface area contributed by atoms with E-state index in [9.17, 15) is 18.0 Å². The van der Waals surface area contributed by atoms with Crippen LogP contribution in [0.3, 0.4) is 0 Å². The molecule has 1 aliphatic rings. The molecule has 0 aliphatic carbocycles. The van der Waals surface area contributed by atoms with Gasteiger partial charge in [-0.05, 0) is 23.8 Å². The van der Waals surface area contributed by atoms with Gasteiger partial charge in [-0.2, -0.15) is 0 Å². The maximum Gasteiger partial charge on any atom is 0.573 e. The van der Waals surface area contributed by atoms with E-state index < -0.39 is 12.3 Å². The van der Waals surface area contributed by atoms with Gasteiger partial charge in [0, 0.05) is 36.6 Å². The molecule has 0 unspecified atom stereocenters. The van der Waals surface area contributed by atoms with Crippen molar-refractivity contribution < 1.29 is 22.7 Å². The highest BCUT2D eigenvalue weighted by Crippen LogP contribution is 2.30. The molecular formula is C20H18F3N5O2. The number of alkyl halides is 3. The molecule has 0 spiro atoms. The van der Waals surface area contributed by atoms with E-state index in [2.05, 4.69) is 25.3 Å². The fourth-order valence-electron chi connectivity index (χ4n) is 3.61. The monoisotopic (exact) mass is 417 g/mol. The molecule has 2 aromatic carbocycles. The number of primary amides is 1. The number of carbonyl (C=O) groups excluding carboxylic acids is 1. The van der Waals surface area contributed by atoms with Gasteiger partial charge in [0.2, 0.25) is 5.95 Å². The van der Waals surface area contributed by atoms with Crippen LogP contribution in [0.2, 0.25) is 0 Å². The number of carbonyl (C=O) groups is 1. The zero-order chi connectivity index (χ0) is 21.3. The topological polar surface area (TPSA) is 102 Å². The molecule has 0 bridgehead atoms. The van der Waals surface area contributed by atoms with Crippen LogP contribution in [0.25, 0.3) is 10.9 Å². The van der Waals surface area contributed by atoms with E-state index >= 15 is 0 Å². The van der Waals surface area contributed by atoms with Crippen LogP contribution in [0, 0.1) is 0 Å². The number of ether oxygens (including phenoxy) is 1. The first-order chi connectivity index (χ1) is 14.3. The Labute approximate surface area is 169 Å². The molecule has 2 heterocycles. The van der Waals surface area contributed by atoms with E-state index in [1.165, 1.54) is 18.2 Å². The molecule has 1 amide bonds. The number of benzene rings is 2. The predicted molar refractivity (Wildman–Crippen MR) is 104 cm³/mol. The highest BCUT2D eigenvalue weighted by Gasteiger charge is 2.33. The lowest BCUT2D eigenvalue weighted by molar-refractivity contribution is -0.274. The number of aromatic nitrogens is 2. The first-order valence-corrected chi connectivity index (χ1v) is 9.19. The quantitative estimate of drug-likeness (QED) is 0.590. The summed E-state index contributed by atoms with van der Waals surface area (Å²) in [4.78, 5) is 20.4. The summed E-state index contributed by atoms with van der Waals surface area (Å²) in [6.07, 6.45) is -3.16. The third-order valence-electron chi connectivity index (χ3n) is 4.92. The minimum absolute atomic E-state index is 0.132. The zero-order valence-corrected chi connectivity index (χ0v) is 15.6. The standard InChI is InChI=1S/C20H18F3N5O2/c21-20(22,23)30-13-5-1-3-11(7-13)15-9-25-10-16(15)27-19-26-8-12-4-2-6-14(18(24)29)17(12)28-19/h1-8,15-16,25H,9-10H2,(H2,24,29)(H,26,27,28)/t15-,16+/m1/s1. The van der Waals surface area contributed by atoms with Gasteiger partial charge in [-0.15, -0.1) is 13.2 Å².